The number of hydrogen-bond donors (Lipinski definition) is 20. The van der Waals surface area contributed by atoms with Gasteiger partial charge in [-0.05, 0) is 0 Å². The van der Waals surface area contributed by atoms with E-state index in [1.165, 1.54) is 0 Å². The van der Waals surface area contributed by atoms with Crippen LogP contribution in [-0.4, -0.2) is 297 Å². The molecule has 0 aliphatic rings. The summed E-state index contributed by atoms with van der Waals surface area (Å²) in [6, 6.07) is 0. The Morgan fingerprint density at radius 2 is 0.237 bits per heavy atom. The third-order valence-corrected chi connectivity index (χ3v) is 4.03. The monoisotopic (exact) mass is 1360 g/mol. The van der Waals surface area contributed by atoms with Crippen molar-refractivity contribution in [2.24, 2.45) is 0 Å². The number of carboxylic acid groups (broad SMARTS) is 10. The van der Waals surface area contributed by atoms with Crippen LogP contribution in [0.3, 0.4) is 0 Å². The summed E-state index contributed by atoms with van der Waals surface area (Å²) >= 11 is 0. The molecular formula is C20H38Bi2K3O34+9. The fraction of sp³-hybridized carbons (Fsp3) is 0.500. The van der Waals surface area contributed by atoms with E-state index in [2.05, 4.69) is 0 Å². The molecule has 0 spiro atoms. The molecule has 0 saturated heterocycles. The van der Waals surface area contributed by atoms with E-state index < -0.39 is 121 Å². The fourth-order valence-electron chi connectivity index (χ4n) is 1.35. The Labute approximate surface area is 490 Å². The molecule has 0 bridgehead atoms. The first kappa shape index (κ1) is 98.6. The van der Waals surface area contributed by atoms with Gasteiger partial charge in [-0.25, -0.2) is 47.9 Å². The number of aliphatic hydroxyl groups is 10. The quantitative estimate of drug-likeness (QED) is 0.0677. The summed E-state index contributed by atoms with van der Waals surface area (Å²) in [7, 11) is 0. The van der Waals surface area contributed by atoms with Crippen molar-refractivity contribution in [3.8, 4) is 0 Å². The summed E-state index contributed by atoms with van der Waals surface area (Å²) in [4.78, 5) is 97.7. The number of carbonyl (C=O) groups is 10. The first-order valence-corrected chi connectivity index (χ1v) is 11.4. The third-order valence-electron chi connectivity index (χ3n) is 4.03. The molecule has 0 amide bonds. The average molecular weight is 1360 g/mol. The second kappa shape index (κ2) is 53.2. The van der Waals surface area contributed by atoms with Crippen molar-refractivity contribution < 1.29 is 326 Å². The van der Waals surface area contributed by atoms with E-state index in [9.17, 15) is 47.9 Å². The van der Waals surface area contributed by atoms with Gasteiger partial charge in [0, 0.05) is 0 Å². The molecule has 34 nitrogen and oxygen atoms in total. The van der Waals surface area contributed by atoms with Crippen molar-refractivity contribution in [1.82, 2.24) is 0 Å². The van der Waals surface area contributed by atoms with Crippen LogP contribution < -0.4 is 154 Å². The zero-order valence-electron chi connectivity index (χ0n) is 29.7. The van der Waals surface area contributed by atoms with Gasteiger partial charge >= 0.3 is 266 Å². The van der Waals surface area contributed by atoms with Crippen LogP contribution in [0.5, 0.6) is 0 Å². The number of hydrogen-bond acceptors (Lipinski definition) is 20. The van der Waals surface area contributed by atoms with Gasteiger partial charge in [-0.15, -0.1) is 0 Å². The van der Waals surface area contributed by atoms with E-state index in [-0.39, 0.29) is 228 Å². The van der Waals surface area contributed by atoms with Crippen molar-refractivity contribution in [1.29, 1.82) is 0 Å². The van der Waals surface area contributed by atoms with Crippen molar-refractivity contribution in [2.75, 3.05) is 0 Å². The third kappa shape index (κ3) is 51.3. The molecule has 0 fully saturated rings. The molecule has 0 aliphatic carbocycles. The first-order chi connectivity index (χ1) is 22.3. The second-order valence-electron chi connectivity index (χ2n) is 7.83. The van der Waals surface area contributed by atoms with Gasteiger partial charge in [-0.2, -0.15) is 0 Å². The molecule has 4 radical (unpaired) electrons. The SMILES string of the molecule is O.O.O.O.O=C(O)C(O)C(O)C(=O)O.O=C(O)C(O)C(O)C(=O)O.O=C(O)C(O)C(O)C(=O)O.O=C(O)C(O)C(O)C(=O)O.O=C(O)C(O)C(O)C(=O)O.[Bi+3].[Bi+3].[K+].[K+].[K+]. The molecule has 0 rings (SSSR count). The molecule has 0 aromatic heterocycles. The smallest absolute Gasteiger partial charge is 0.479 e. The Morgan fingerprint density at radius 1 is 0.203 bits per heavy atom. The Hall–Kier alpha value is 0.815. The molecule has 28 N–H and O–H groups in total. The maximum absolute atomic E-state index is 9.77. The largest absolute Gasteiger partial charge is 3.00 e. The minimum Gasteiger partial charge on any atom is -0.479 e. The van der Waals surface area contributed by atoms with E-state index in [1.807, 2.05) is 0 Å². The van der Waals surface area contributed by atoms with Gasteiger partial charge in [0.2, 0.25) is 0 Å². The molecule has 326 valence electrons. The van der Waals surface area contributed by atoms with Crippen LogP contribution in [0.25, 0.3) is 0 Å². The summed E-state index contributed by atoms with van der Waals surface area (Å²) in [6.45, 7) is 0. The maximum atomic E-state index is 9.77. The minimum absolute atomic E-state index is 0. The van der Waals surface area contributed by atoms with Crippen LogP contribution in [0.1, 0.15) is 0 Å². The first-order valence-electron chi connectivity index (χ1n) is 11.4. The maximum Gasteiger partial charge on any atom is 3.00 e. The van der Waals surface area contributed by atoms with Gasteiger partial charge in [0.25, 0.3) is 0 Å². The molecule has 0 aromatic rings. The Morgan fingerprint density at radius 3 is 0.254 bits per heavy atom. The molecule has 39 heteroatoms. The van der Waals surface area contributed by atoms with E-state index in [1.54, 1.807) is 0 Å². The Kier molecular flexibility index (Phi) is 88.8. The summed E-state index contributed by atoms with van der Waals surface area (Å²) in [5.74, 6) is -17.7. The van der Waals surface area contributed by atoms with Crippen molar-refractivity contribution in [2.45, 2.75) is 61.0 Å². The minimum atomic E-state index is -2.27. The van der Waals surface area contributed by atoms with Gasteiger partial charge in [-0.3, -0.25) is 0 Å². The zero-order valence-corrected chi connectivity index (χ0v) is 46.0. The summed E-state index contributed by atoms with van der Waals surface area (Å²) < 4.78 is 0. The van der Waals surface area contributed by atoms with Gasteiger partial charge in [0.05, 0.1) is 0 Å². The second-order valence-corrected chi connectivity index (χ2v) is 7.83. The predicted molar refractivity (Wildman–Crippen MR) is 162 cm³/mol. The number of carboxylic acids is 10. The summed E-state index contributed by atoms with van der Waals surface area (Å²) in [6.07, 6.45) is -22.7. The van der Waals surface area contributed by atoms with Gasteiger partial charge in [-0.1, -0.05) is 0 Å². The Balaban J connectivity index is -0.0000000344. The molecule has 59 heavy (non-hydrogen) atoms. The van der Waals surface area contributed by atoms with E-state index in [4.69, 9.17) is 102 Å². The topological polar surface area (TPSA) is 701 Å². The van der Waals surface area contributed by atoms with Crippen LogP contribution >= 0.6 is 0 Å². The van der Waals surface area contributed by atoms with E-state index in [0.717, 1.165) is 0 Å². The molecule has 0 saturated carbocycles. The van der Waals surface area contributed by atoms with Gasteiger partial charge < -0.3 is 124 Å². The molecule has 10 atom stereocenters. The van der Waals surface area contributed by atoms with Crippen molar-refractivity contribution >= 4 is 112 Å². The zero-order chi connectivity index (χ0) is 41.5. The normalized spacial score (nSPS) is 13.4. The van der Waals surface area contributed by atoms with Crippen molar-refractivity contribution in [3.05, 3.63) is 0 Å². The molecular weight excluding hydrogens is 1320 g/mol. The van der Waals surface area contributed by atoms with Gasteiger partial charge in [0.1, 0.15) is 0 Å². The average Bonchev–Trinajstić information content (AvgIpc) is 3.01. The van der Waals surface area contributed by atoms with Crippen molar-refractivity contribution in [3.63, 3.8) is 0 Å². The van der Waals surface area contributed by atoms with Crippen LogP contribution in [0.4, 0.5) is 0 Å². The number of rotatable bonds is 15. The predicted octanol–water partition coefficient (Wildman–Crippen LogP) is -23.7. The van der Waals surface area contributed by atoms with Gasteiger partial charge in [0.15, 0.2) is 61.0 Å². The molecule has 0 aromatic carbocycles. The van der Waals surface area contributed by atoms with Crippen LogP contribution in [0.2, 0.25) is 0 Å². The van der Waals surface area contributed by atoms with Crippen LogP contribution in [0, 0.1) is 0 Å². The standard InChI is InChI=1S/5C4H6O6.2Bi.3K.4H2O/c5*5-1(3(7)8)2(6)4(9)10;;;;;;;;;/h5*1-2,5-6H,(H,7,8)(H,9,10);;;;;;4*1H2/q;;;;;2*+3;3*+1;;;;. The van der Waals surface area contributed by atoms with Crippen LogP contribution in [0.15, 0.2) is 0 Å². The molecule has 10 unspecified atom stereocenters. The van der Waals surface area contributed by atoms with E-state index in [0.29, 0.717) is 0 Å². The molecule has 0 aliphatic heterocycles. The fourth-order valence-corrected chi connectivity index (χ4v) is 1.35. The number of aliphatic carboxylic acids is 10. The van der Waals surface area contributed by atoms with Crippen LogP contribution in [-0.2, 0) is 47.9 Å². The Bertz CT molecular complexity index is 910. The van der Waals surface area contributed by atoms with E-state index >= 15 is 0 Å². The summed E-state index contributed by atoms with van der Waals surface area (Å²) in [5.41, 5.74) is 0. The number of aliphatic hydroxyl groups excluding tert-OH is 10. The summed E-state index contributed by atoms with van der Waals surface area (Å²) in [5, 5.41) is 163. The molecule has 0 heterocycles.